The molecule has 0 bridgehead atoms. The Labute approximate surface area is 150 Å². The Kier molecular flexibility index (Phi) is 5.73. The van der Waals surface area contributed by atoms with Crippen molar-refractivity contribution in [1.29, 1.82) is 0 Å². The van der Waals surface area contributed by atoms with Crippen LogP contribution in [0.15, 0.2) is 39.3 Å². The predicted octanol–water partition coefficient (Wildman–Crippen LogP) is 7.56. The molecular formula is C19H22Br2O. The van der Waals surface area contributed by atoms with Gasteiger partial charge in [-0.3, -0.25) is 0 Å². The average molecular weight is 426 g/mol. The van der Waals surface area contributed by atoms with Gasteiger partial charge < -0.3 is 4.74 Å². The third-order valence-electron chi connectivity index (χ3n) is 3.66. The standard InChI is InChI=1S/C19H22Br2O/c1-11(2)15-7-6-14(10-16(15)12(3)4)22-19-17(20)8-13(5)9-18(19)21/h6-12H,1-5H3. The fourth-order valence-electron chi connectivity index (χ4n) is 2.54. The zero-order valence-corrected chi connectivity index (χ0v) is 16.9. The molecule has 0 N–H and O–H groups in total. The molecule has 2 aromatic rings. The largest absolute Gasteiger partial charge is 0.455 e. The monoisotopic (exact) mass is 424 g/mol. The maximum Gasteiger partial charge on any atom is 0.155 e. The third kappa shape index (κ3) is 3.94. The van der Waals surface area contributed by atoms with E-state index in [1.54, 1.807) is 0 Å². The number of rotatable bonds is 4. The molecule has 0 aliphatic carbocycles. The lowest BCUT2D eigenvalue weighted by molar-refractivity contribution is 0.475. The SMILES string of the molecule is Cc1cc(Br)c(Oc2ccc(C(C)C)c(C(C)C)c2)c(Br)c1. The first-order valence-corrected chi connectivity index (χ1v) is 9.15. The van der Waals surface area contributed by atoms with Crippen LogP contribution in [-0.4, -0.2) is 0 Å². The van der Waals surface area contributed by atoms with Crippen LogP contribution in [0.25, 0.3) is 0 Å². The van der Waals surface area contributed by atoms with Gasteiger partial charge >= 0.3 is 0 Å². The lowest BCUT2D eigenvalue weighted by atomic mass is 9.90. The summed E-state index contributed by atoms with van der Waals surface area (Å²) < 4.78 is 8.04. The van der Waals surface area contributed by atoms with E-state index in [0.29, 0.717) is 11.8 Å². The van der Waals surface area contributed by atoms with Gasteiger partial charge in [-0.15, -0.1) is 0 Å². The average Bonchev–Trinajstić information content (AvgIpc) is 2.42. The number of halogens is 2. The lowest BCUT2D eigenvalue weighted by Gasteiger charge is -2.18. The fraction of sp³-hybridized carbons (Fsp3) is 0.368. The third-order valence-corrected chi connectivity index (χ3v) is 4.84. The Morgan fingerprint density at radius 2 is 1.36 bits per heavy atom. The van der Waals surface area contributed by atoms with Crippen molar-refractivity contribution in [1.82, 2.24) is 0 Å². The lowest BCUT2D eigenvalue weighted by Crippen LogP contribution is -1.99. The summed E-state index contributed by atoms with van der Waals surface area (Å²) in [4.78, 5) is 0. The van der Waals surface area contributed by atoms with Crippen molar-refractivity contribution in [3.05, 3.63) is 56.0 Å². The molecule has 0 amide bonds. The molecule has 0 spiro atoms. The van der Waals surface area contributed by atoms with Crippen molar-refractivity contribution >= 4 is 31.9 Å². The summed E-state index contributed by atoms with van der Waals surface area (Å²) in [5.41, 5.74) is 3.93. The second-order valence-electron chi connectivity index (χ2n) is 6.26. The van der Waals surface area contributed by atoms with Gasteiger partial charge in [0, 0.05) is 0 Å². The molecule has 0 heterocycles. The van der Waals surface area contributed by atoms with Crippen molar-refractivity contribution in [3.8, 4) is 11.5 Å². The maximum atomic E-state index is 6.13. The van der Waals surface area contributed by atoms with E-state index in [4.69, 9.17) is 4.74 Å². The molecule has 0 saturated heterocycles. The van der Waals surface area contributed by atoms with Gasteiger partial charge in [-0.25, -0.2) is 0 Å². The van der Waals surface area contributed by atoms with Gasteiger partial charge in [0.2, 0.25) is 0 Å². The zero-order chi connectivity index (χ0) is 16.4. The Hall–Kier alpha value is -0.800. The van der Waals surface area contributed by atoms with E-state index in [2.05, 4.69) is 96.8 Å². The molecule has 22 heavy (non-hydrogen) atoms. The summed E-state index contributed by atoms with van der Waals surface area (Å²) in [5.74, 6) is 2.69. The van der Waals surface area contributed by atoms with Crippen molar-refractivity contribution in [2.45, 2.75) is 46.5 Å². The Balaban J connectivity index is 2.41. The fourth-order valence-corrected chi connectivity index (χ4v) is 4.12. The van der Waals surface area contributed by atoms with Crippen molar-refractivity contribution in [2.24, 2.45) is 0 Å². The molecule has 118 valence electrons. The van der Waals surface area contributed by atoms with Crippen LogP contribution >= 0.6 is 31.9 Å². The van der Waals surface area contributed by atoms with Crippen LogP contribution in [0.3, 0.4) is 0 Å². The van der Waals surface area contributed by atoms with Gasteiger partial charge in [0.1, 0.15) is 5.75 Å². The number of benzene rings is 2. The first-order chi connectivity index (χ1) is 10.3. The summed E-state index contributed by atoms with van der Waals surface area (Å²) in [6, 6.07) is 10.5. The molecule has 1 nitrogen and oxygen atoms in total. The number of hydrogen-bond acceptors (Lipinski definition) is 1. The van der Waals surface area contributed by atoms with Gasteiger partial charge in [-0.2, -0.15) is 0 Å². The first-order valence-electron chi connectivity index (χ1n) is 7.57. The Morgan fingerprint density at radius 1 is 0.818 bits per heavy atom. The van der Waals surface area contributed by atoms with E-state index in [1.807, 2.05) is 0 Å². The second kappa shape index (κ2) is 7.18. The second-order valence-corrected chi connectivity index (χ2v) is 7.97. The molecule has 0 aromatic heterocycles. The van der Waals surface area contributed by atoms with Crippen LogP contribution < -0.4 is 4.74 Å². The molecule has 0 radical (unpaired) electrons. The summed E-state index contributed by atoms with van der Waals surface area (Å²) >= 11 is 7.17. The zero-order valence-electron chi connectivity index (χ0n) is 13.7. The number of ether oxygens (including phenoxy) is 1. The van der Waals surface area contributed by atoms with Gasteiger partial charge in [-0.1, -0.05) is 33.8 Å². The van der Waals surface area contributed by atoms with Gasteiger partial charge in [0.25, 0.3) is 0 Å². The minimum absolute atomic E-state index is 0.478. The first kappa shape index (κ1) is 17.6. The van der Waals surface area contributed by atoms with E-state index < -0.39 is 0 Å². The van der Waals surface area contributed by atoms with Crippen LogP contribution in [0.5, 0.6) is 11.5 Å². The smallest absolute Gasteiger partial charge is 0.155 e. The molecule has 2 aromatic carbocycles. The Bertz CT molecular complexity index is 652. The molecule has 0 unspecified atom stereocenters. The molecule has 0 fully saturated rings. The van der Waals surface area contributed by atoms with Crippen LogP contribution in [0.1, 0.15) is 56.2 Å². The van der Waals surface area contributed by atoms with Crippen LogP contribution in [0.2, 0.25) is 0 Å². The minimum atomic E-state index is 0.478. The summed E-state index contributed by atoms with van der Waals surface area (Å²) in [6.45, 7) is 11.0. The molecule has 0 saturated carbocycles. The molecular weight excluding hydrogens is 404 g/mol. The quantitative estimate of drug-likeness (QED) is 0.490. The highest BCUT2D eigenvalue weighted by Gasteiger charge is 2.14. The summed E-state index contributed by atoms with van der Waals surface area (Å²) in [7, 11) is 0. The van der Waals surface area contributed by atoms with E-state index >= 15 is 0 Å². The predicted molar refractivity (Wildman–Crippen MR) is 101 cm³/mol. The van der Waals surface area contributed by atoms with Crippen LogP contribution in [-0.2, 0) is 0 Å². The van der Waals surface area contributed by atoms with Gasteiger partial charge in [-0.05, 0) is 91.6 Å². The van der Waals surface area contributed by atoms with Crippen molar-refractivity contribution in [2.75, 3.05) is 0 Å². The molecule has 0 atom stereocenters. The molecule has 0 aliphatic heterocycles. The van der Waals surface area contributed by atoms with Gasteiger partial charge in [0.15, 0.2) is 5.75 Å². The number of hydrogen-bond donors (Lipinski definition) is 0. The van der Waals surface area contributed by atoms with E-state index in [9.17, 15) is 0 Å². The highest BCUT2D eigenvalue weighted by Crippen LogP contribution is 2.39. The Morgan fingerprint density at radius 3 is 1.86 bits per heavy atom. The molecule has 0 aliphatic rings. The van der Waals surface area contributed by atoms with E-state index in [1.165, 1.54) is 16.7 Å². The topological polar surface area (TPSA) is 9.23 Å². The van der Waals surface area contributed by atoms with Crippen molar-refractivity contribution in [3.63, 3.8) is 0 Å². The van der Waals surface area contributed by atoms with Gasteiger partial charge in [0.05, 0.1) is 8.95 Å². The van der Waals surface area contributed by atoms with Crippen LogP contribution in [0.4, 0.5) is 0 Å². The number of aryl methyl sites for hydroxylation is 1. The highest BCUT2D eigenvalue weighted by molar-refractivity contribution is 9.11. The normalized spacial score (nSPS) is 11.3. The summed E-state index contributed by atoms with van der Waals surface area (Å²) in [6.07, 6.45) is 0. The van der Waals surface area contributed by atoms with Crippen LogP contribution in [0, 0.1) is 6.92 Å². The molecule has 2 rings (SSSR count). The maximum absolute atomic E-state index is 6.13. The van der Waals surface area contributed by atoms with Crippen molar-refractivity contribution < 1.29 is 4.74 Å². The van der Waals surface area contributed by atoms with E-state index in [-0.39, 0.29) is 0 Å². The highest BCUT2D eigenvalue weighted by atomic mass is 79.9. The molecule has 3 heteroatoms. The summed E-state index contributed by atoms with van der Waals surface area (Å²) in [5, 5.41) is 0. The van der Waals surface area contributed by atoms with E-state index in [0.717, 1.165) is 20.4 Å². The minimum Gasteiger partial charge on any atom is -0.455 e.